The molecule has 2 aliphatic heterocycles. The molecule has 4 heterocycles. The molecule has 39 heavy (non-hydrogen) atoms. The van der Waals surface area contributed by atoms with Gasteiger partial charge in [0.1, 0.15) is 11.3 Å². The maximum atomic E-state index is 13.8. The lowest BCUT2D eigenvalue weighted by atomic mass is 9.96. The van der Waals surface area contributed by atoms with E-state index in [1.54, 1.807) is 18.0 Å². The maximum absolute atomic E-state index is 13.8. The van der Waals surface area contributed by atoms with Gasteiger partial charge in [-0.2, -0.15) is 0 Å². The summed E-state index contributed by atoms with van der Waals surface area (Å²) in [6.07, 6.45) is 8.32. The van der Waals surface area contributed by atoms with Crippen molar-refractivity contribution in [1.82, 2.24) is 40.1 Å². The van der Waals surface area contributed by atoms with Crippen molar-refractivity contribution in [3.05, 3.63) is 72.3 Å². The van der Waals surface area contributed by atoms with Crippen LogP contribution in [0.2, 0.25) is 0 Å². The van der Waals surface area contributed by atoms with E-state index in [9.17, 15) is 4.79 Å². The number of carbonyl (C=O) groups is 1. The highest BCUT2D eigenvalue weighted by Crippen LogP contribution is 2.30. The first-order chi connectivity index (χ1) is 19.1. The number of hydrogen-bond donors (Lipinski definition) is 2. The van der Waals surface area contributed by atoms with Crippen molar-refractivity contribution in [2.24, 2.45) is 13.0 Å². The van der Waals surface area contributed by atoms with E-state index in [1.807, 2.05) is 31.7 Å². The number of carbonyl (C=O) groups excluding carboxylic acids is 1. The van der Waals surface area contributed by atoms with Gasteiger partial charge in [0.05, 0.1) is 25.0 Å². The fourth-order valence-electron chi connectivity index (χ4n) is 6.12. The minimum Gasteiger partial charge on any atom is -0.497 e. The van der Waals surface area contributed by atoms with Gasteiger partial charge in [0.25, 0.3) is 0 Å². The van der Waals surface area contributed by atoms with E-state index in [-0.39, 0.29) is 24.0 Å². The normalized spacial score (nSPS) is 23.1. The smallest absolute Gasteiger partial charge is 0.240 e. The number of ether oxygens (including phenoxy) is 1. The molecule has 2 aromatic carbocycles. The summed E-state index contributed by atoms with van der Waals surface area (Å²) in [5, 5.41) is 15.5. The molecule has 0 aliphatic carbocycles. The number of hydrogen-bond acceptors (Lipinski definition) is 7. The lowest BCUT2D eigenvalue weighted by Crippen LogP contribution is -2.48. The molecular weight excluding hydrogens is 492 g/mol. The van der Waals surface area contributed by atoms with Gasteiger partial charge in [-0.15, -0.1) is 5.10 Å². The lowest BCUT2D eigenvalue weighted by molar-refractivity contribution is -0.134. The highest BCUT2D eigenvalue weighted by Gasteiger charge is 2.40. The predicted octanol–water partition coefficient (Wildman–Crippen LogP) is 2.33. The van der Waals surface area contributed by atoms with Crippen LogP contribution in [-0.4, -0.2) is 74.2 Å². The Bertz CT molecular complexity index is 1400. The van der Waals surface area contributed by atoms with Crippen LogP contribution in [0.25, 0.3) is 11.0 Å². The molecule has 204 valence electrons. The quantitative estimate of drug-likeness (QED) is 0.344. The third-order valence-electron chi connectivity index (χ3n) is 8.20. The number of fused-ring (bicyclic) bond motifs is 1. The van der Waals surface area contributed by atoms with Gasteiger partial charge in [-0.25, -0.2) is 9.67 Å². The number of imidazole rings is 1. The third-order valence-corrected chi connectivity index (χ3v) is 8.20. The Morgan fingerprint density at radius 1 is 1.15 bits per heavy atom. The van der Waals surface area contributed by atoms with Gasteiger partial charge in [0.15, 0.2) is 0 Å². The molecule has 4 unspecified atom stereocenters. The number of nitrogens with one attached hydrogen (secondary N) is 2. The largest absolute Gasteiger partial charge is 0.497 e. The number of aryl methyl sites for hydroxylation is 1. The minimum atomic E-state index is -0.168. The van der Waals surface area contributed by atoms with Crippen LogP contribution in [0.1, 0.15) is 30.0 Å². The Morgan fingerprint density at radius 2 is 2.00 bits per heavy atom. The molecule has 0 saturated carbocycles. The summed E-state index contributed by atoms with van der Waals surface area (Å²) in [7, 11) is 3.59. The monoisotopic (exact) mass is 528 g/mol. The SMILES string of the molecule is COc1ccc(CC2CC(CNCc3ccc4c(c3)nnn4C)N(C(=O)C3CC(n4ccnc4)CN3)C2)cc1. The minimum absolute atomic E-state index is 0.148. The van der Waals surface area contributed by atoms with Gasteiger partial charge in [0.2, 0.25) is 5.91 Å². The molecule has 10 nitrogen and oxygen atoms in total. The van der Waals surface area contributed by atoms with Gasteiger partial charge in [-0.05, 0) is 60.6 Å². The number of rotatable bonds is 9. The summed E-state index contributed by atoms with van der Waals surface area (Å²) in [6.45, 7) is 3.03. The Balaban J connectivity index is 1.12. The Labute approximate surface area is 228 Å². The molecule has 2 N–H and O–H groups in total. The second-order valence-corrected chi connectivity index (χ2v) is 10.8. The fourth-order valence-corrected chi connectivity index (χ4v) is 6.12. The molecule has 1 amide bonds. The molecular formula is C29H36N8O2. The average molecular weight is 529 g/mol. The summed E-state index contributed by atoms with van der Waals surface area (Å²) in [4.78, 5) is 20.1. The molecule has 10 heteroatoms. The van der Waals surface area contributed by atoms with Crippen LogP contribution >= 0.6 is 0 Å². The van der Waals surface area contributed by atoms with Crippen LogP contribution in [0, 0.1) is 5.92 Å². The number of likely N-dealkylation sites (tertiary alicyclic amines) is 1. The zero-order chi connectivity index (χ0) is 26.8. The highest BCUT2D eigenvalue weighted by atomic mass is 16.5. The number of nitrogens with zero attached hydrogens (tertiary/aromatic N) is 6. The van der Waals surface area contributed by atoms with E-state index < -0.39 is 0 Å². The van der Waals surface area contributed by atoms with Crippen LogP contribution in [-0.2, 0) is 24.8 Å². The Kier molecular flexibility index (Phi) is 7.30. The van der Waals surface area contributed by atoms with Crippen LogP contribution < -0.4 is 15.4 Å². The van der Waals surface area contributed by atoms with E-state index in [2.05, 4.69) is 65.7 Å². The molecule has 2 saturated heterocycles. The van der Waals surface area contributed by atoms with Crippen LogP contribution in [0.15, 0.2) is 61.2 Å². The van der Waals surface area contributed by atoms with Crippen LogP contribution in [0.5, 0.6) is 5.75 Å². The fraction of sp³-hybridized carbons (Fsp3) is 0.448. The number of amides is 1. The van der Waals surface area contributed by atoms with Crippen LogP contribution in [0.3, 0.4) is 0 Å². The van der Waals surface area contributed by atoms with Crippen LogP contribution in [0.4, 0.5) is 0 Å². The molecule has 4 aromatic rings. The first-order valence-corrected chi connectivity index (χ1v) is 13.7. The summed E-state index contributed by atoms with van der Waals surface area (Å²) in [5.74, 6) is 1.49. The summed E-state index contributed by atoms with van der Waals surface area (Å²) in [6, 6.07) is 14.8. The number of methoxy groups -OCH3 is 1. The van der Waals surface area contributed by atoms with Crippen molar-refractivity contribution in [3.8, 4) is 5.75 Å². The standard InChI is InChI=1S/C29H36N8O2/c1-35-28-8-5-21(13-26(28)33-34-35)15-31-16-24-12-22(11-20-3-6-25(39-2)7-4-20)18-37(24)29(38)27-14-23(17-32-27)36-10-9-30-19-36/h3-10,13,19,22-24,27,31-32H,11-12,14-18H2,1-2H3. The second kappa shape index (κ2) is 11.2. The molecule has 0 bridgehead atoms. The lowest BCUT2D eigenvalue weighted by Gasteiger charge is -2.28. The van der Waals surface area contributed by atoms with E-state index >= 15 is 0 Å². The second-order valence-electron chi connectivity index (χ2n) is 10.8. The van der Waals surface area contributed by atoms with Gasteiger partial charge in [-0.3, -0.25) is 4.79 Å². The molecule has 0 spiro atoms. The maximum Gasteiger partial charge on any atom is 0.240 e. The van der Waals surface area contributed by atoms with E-state index in [1.165, 1.54) is 5.56 Å². The topological polar surface area (TPSA) is 102 Å². The molecule has 2 aliphatic rings. The van der Waals surface area contributed by atoms with Gasteiger partial charge < -0.3 is 24.8 Å². The number of aromatic nitrogens is 5. The van der Waals surface area contributed by atoms with E-state index in [0.717, 1.165) is 67.8 Å². The van der Waals surface area contributed by atoms with E-state index in [4.69, 9.17) is 4.74 Å². The zero-order valence-corrected chi connectivity index (χ0v) is 22.5. The first kappa shape index (κ1) is 25.5. The third kappa shape index (κ3) is 5.53. The van der Waals surface area contributed by atoms with Crippen molar-refractivity contribution < 1.29 is 9.53 Å². The molecule has 4 atom stereocenters. The van der Waals surface area contributed by atoms with Gasteiger partial charge in [0, 0.05) is 57.7 Å². The van der Waals surface area contributed by atoms with Gasteiger partial charge in [-0.1, -0.05) is 23.4 Å². The summed E-state index contributed by atoms with van der Waals surface area (Å²) in [5.41, 5.74) is 4.35. The van der Waals surface area contributed by atoms with Crippen molar-refractivity contribution in [2.75, 3.05) is 26.7 Å². The van der Waals surface area contributed by atoms with E-state index in [0.29, 0.717) is 5.92 Å². The summed E-state index contributed by atoms with van der Waals surface area (Å²) >= 11 is 0. The first-order valence-electron chi connectivity index (χ1n) is 13.7. The highest BCUT2D eigenvalue weighted by molar-refractivity contribution is 5.83. The summed E-state index contributed by atoms with van der Waals surface area (Å²) < 4.78 is 9.21. The Morgan fingerprint density at radius 3 is 2.79 bits per heavy atom. The van der Waals surface area contributed by atoms with Crippen molar-refractivity contribution in [1.29, 1.82) is 0 Å². The van der Waals surface area contributed by atoms with Crippen molar-refractivity contribution in [3.63, 3.8) is 0 Å². The predicted molar refractivity (Wildman–Crippen MR) is 148 cm³/mol. The van der Waals surface area contributed by atoms with Crippen molar-refractivity contribution >= 4 is 16.9 Å². The Hall–Kier alpha value is -3.76. The molecule has 6 rings (SSSR count). The average Bonchev–Trinajstić information content (AvgIpc) is 3.76. The van der Waals surface area contributed by atoms with Crippen molar-refractivity contribution in [2.45, 2.75) is 43.9 Å². The van der Waals surface area contributed by atoms with Gasteiger partial charge >= 0.3 is 0 Å². The molecule has 2 fully saturated rings. The number of benzene rings is 2. The zero-order valence-electron chi connectivity index (χ0n) is 22.5. The molecule has 0 radical (unpaired) electrons. The molecule has 2 aromatic heterocycles.